The molecule has 9 atom stereocenters. The van der Waals surface area contributed by atoms with Crippen molar-refractivity contribution in [2.24, 2.45) is 45.3 Å². The van der Waals surface area contributed by atoms with E-state index in [0.717, 1.165) is 57.4 Å². The zero-order valence-corrected chi connectivity index (χ0v) is 32.2. The third-order valence-corrected chi connectivity index (χ3v) is 17.9. The minimum Gasteiger partial charge on any atom is -0.478 e. The third kappa shape index (κ3) is 5.71. The van der Waals surface area contributed by atoms with Gasteiger partial charge in [0.25, 0.3) is 0 Å². The Hall–Kier alpha value is -1.91. The maximum Gasteiger partial charge on any atom is 0.335 e. The summed E-state index contributed by atoms with van der Waals surface area (Å²) in [5, 5.41) is 17.1. The largest absolute Gasteiger partial charge is 0.478 e. The number of hydrogen-bond acceptors (Lipinski definition) is 6. The third-order valence-electron chi connectivity index (χ3n) is 16.2. The summed E-state index contributed by atoms with van der Waals surface area (Å²) in [4.78, 5) is 26.5. The molecule has 4 saturated carbocycles. The van der Waals surface area contributed by atoms with Gasteiger partial charge in [0.05, 0.1) is 17.1 Å². The minimum atomic E-state index is -2.39. The second-order valence-electron chi connectivity index (χ2n) is 18.6. The fourth-order valence-electron chi connectivity index (χ4n) is 13.7. The highest BCUT2D eigenvalue weighted by Crippen LogP contribution is 2.76. The van der Waals surface area contributed by atoms with Gasteiger partial charge in [-0.25, -0.2) is 4.79 Å². The number of rotatable bonds is 7. The lowest BCUT2D eigenvalue weighted by atomic mass is 9.33. The van der Waals surface area contributed by atoms with Crippen LogP contribution in [-0.2, 0) is 4.79 Å². The standard InChI is InChI=1S/C41H63N3O5S/c1-27(45)43-32-14-18-41(42-21-22-44-23-25-50(48,49)26-24-44)20-19-39(5)31(35(32)41)11-12-34-38(4)16-13-30(28-7-9-29(10-8-28)36(46)47)37(2,3)33(38)15-17-40(34,39)6/h7-10,13,31-35,42,48-49H,11-12,14-26H2,1-6H3,(H,43,45)(H,46,47)/t31-,32-,33+,34-,35+,38+,39-,40-,41+/m1/s1. The molecule has 5 N–H and O–H groups in total. The summed E-state index contributed by atoms with van der Waals surface area (Å²) in [6, 6.07) is 7.73. The first kappa shape index (κ1) is 36.4. The van der Waals surface area contributed by atoms with E-state index in [1.165, 1.54) is 37.7 Å². The molecule has 0 bridgehead atoms. The van der Waals surface area contributed by atoms with Gasteiger partial charge in [-0.3, -0.25) is 18.8 Å². The second kappa shape index (κ2) is 12.6. The van der Waals surface area contributed by atoms with E-state index in [1.807, 2.05) is 12.1 Å². The Balaban J connectivity index is 1.15. The van der Waals surface area contributed by atoms with Crippen molar-refractivity contribution in [2.75, 3.05) is 37.7 Å². The summed E-state index contributed by atoms with van der Waals surface area (Å²) in [6.07, 6.45) is 12.9. The number of benzene rings is 1. The Morgan fingerprint density at radius 3 is 2.24 bits per heavy atom. The first-order chi connectivity index (χ1) is 23.5. The van der Waals surface area contributed by atoms with Gasteiger partial charge >= 0.3 is 5.97 Å². The van der Waals surface area contributed by atoms with Crippen molar-refractivity contribution in [1.29, 1.82) is 0 Å². The number of fused-ring (bicyclic) bond motifs is 7. The molecule has 0 radical (unpaired) electrons. The van der Waals surface area contributed by atoms with Gasteiger partial charge in [0.1, 0.15) is 0 Å². The molecule has 1 aliphatic heterocycles. The number of carbonyl (C=O) groups is 2. The summed E-state index contributed by atoms with van der Waals surface area (Å²) in [7, 11) is -2.39. The number of carboxylic acids is 1. The lowest BCUT2D eigenvalue weighted by Gasteiger charge is -2.72. The number of amides is 1. The van der Waals surface area contributed by atoms with E-state index in [4.69, 9.17) is 0 Å². The van der Waals surface area contributed by atoms with Gasteiger partial charge in [-0.1, -0.05) is 52.8 Å². The van der Waals surface area contributed by atoms with Crippen LogP contribution >= 0.6 is 10.6 Å². The predicted molar refractivity (Wildman–Crippen MR) is 202 cm³/mol. The Kier molecular flexibility index (Phi) is 9.19. The van der Waals surface area contributed by atoms with Gasteiger partial charge < -0.3 is 15.7 Å². The van der Waals surface area contributed by atoms with E-state index in [2.05, 4.69) is 56.2 Å². The summed E-state index contributed by atoms with van der Waals surface area (Å²) in [5.41, 5.74) is 3.45. The number of nitrogens with zero attached hydrogens (tertiary/aromatic N) is 1. The van der Waals surface area contributed by atoms with E-state index < -0.39 is 16.6 Å². The molecule has 9 heteroatoms. The molecule has 1 saturated heterocycles. The monoisotopic (exact) mass is 709 g/mol. The van der Waals surface area contributed by atoms with Crippen LogP contribution in [-0.4, -0.2) is 80.3 Å². The van der Waals surface area contributed by atoms with Gasteiger partial charge in [0.15, 0.2) is 0 Å². The Morgan fingerprint density at radius 1 is 0.880 bits per heavy atom. The van der Waals surface area contributed by atoms with Crippen molar-refractivity contribution in [3.63, 3.8) is 0 Å². The topological polar surface area (TPSA) is 122 Å². The molecule has 0 spiro atoms. The van der Waals surface area contributed by atoms with Crippen molar-refractivity contribution in [3.05, 3.63) is 41.5 Å². The SMILES string of the molecule is CC(=O)N[C@@H]1CC[C@]2(NCCN3CCS(O)(O)CC3)CC[C@]3(C)[C@H](CC[C@@H]4[C@@]5(C)CC=C(c6ccc(C(=O)O)cc6)C(C)(C)[C@@H]5CC[C@]43C)[C@@H]12. The van der Waals surface area contributed by atoms with E-state index >= 15 is 0 Å². The number of hydrogen-bond donors (Lipinski definition) is 5. The first-order valence-corrected chi connectivity index (χ1v) is 21.4. The summed E-state index contributed by atoms with van der Waals surface area (Å²) >= 11 is 0. The molecule has 1 heterocycles. The highest BCUT2D eigenvalue weighted by molar-refractivity contribution is 8.24. The summed E-state index contributed by atoms with van der Waals surface area (Å²) in [5.74, 6) is 2.30. The van der Waals surface area contributed by atoms with Gasteiger partial charge in [0.2, 0.25) is 5.91 Å². The molecule has 1 amide bonds. The average Bonchev–Trinajstić information content (AvgIpc) is 3.39. The van der Waals surface area contributed by atoms with Gasteiger partial charge in [0, 0.05) is 50.6 Å². The number of carbonyl (C=O) groups excluding carboxylic acids is 1. The van der Waals surface area contributed by atoms with Crippen molar-refractivity contribution in [3.8, 4) is 0 Å². The van der Waals surface area contributed by atoms with Crippen LogP contribution in [0.2, 0.25) is 0 Å². The summed E-state index contributed by atoms with van der Waals surface area (Å²) < 4.78 is 20.2. The molecule has 0 aromatic heterocycles. The van der Waals surface area contributed by atoms with Crippen molar-refractivity contribution in [1.82, 2.24) is 15.5 Å². The van der Waals surface area contributed by atoms with Gasteiger partial charge in [-0.2, -0.15) is 10.6 Å². The fraction of sp³-hybridized carbons (Fsp3) is 0.756. The van der Waals surface area contributed by atoms with Crippen molar-refractivity contribution in [2.45, 2.75) is 111 Å². The van der Waals surface area contributed by atoms with Crippen LogP contribution in [0, 0.1) is 45.3 Å². The molecule has 6 aliphatic rings. The molecule has 278 valence electrons. The number of carboxylic acid groups (broad SMARTS) is 1. The molecule has 7 rings (SSSR count). The summed E-state index contributed by atoms with van der Waals surface area (Å²) in [6.45, 7) is 17.8. The molecule has 50 heavy (non-hydrogen) atoms. The molecule has 1 aromatic rings. The normalized spacial score (nSPS) is 42.6. The average molecular weight is 710 g/mol. The van der Waals surface area contributed by atoms with Crippen LogP contribution in [0.4, 0.5) is 0 Å². The van der Waals surface area contributed by atoms with E-state index in [0.29, 0.717) is 40.7 Å². The molecule has 0 unspecified atom stereocenters. The number of nitrogens with one attached hydrogen (secondary N) is 2. The minimum absolute atomic E-state index is 0.0179. The molecule has 5 aliphatic carbocycles. The quantitative estimate of drug-likeness (QED) is 0.196. The lowest BCUT2D eigenvalue weighted by molar-refractivity contribution is -0.218. The molecular weight excluding hydrogens is 647 g/mol. The zero-order valence-electron chi connectivity index (χ0n) is 31.4. The predicted octanol–water partition coefficient (Wildman–Crippen LogP) is 7.76. The van der Waals surface area contributed by atoms with Gasteiger partial charge in [-0.15, -0.1) is 0 Å². The van der Waals surface area contributed by atoms with E-state index in [-0.39, 0.29) is 39.1 Å². The highest BCUT2D eigenvalue weighted by Gasteiger charge is 2.70. The van der Waals surface area contributed by atoms with E-state index in [9.17, 15) is 23.8 Å². The van der Waals surface area contributed by atoms with Crippen LogP contribution in [0.15, 0.2) is 30.3 Å². The van der Waals surface area contributed by atoms with Crippen LogP contribution in [0.1, 0.15) is 115 Å². The Morgan fingerprint density at radius 2 is 1.58 bits per heavy atom. The van der Waals surface area contributed by atoms with Crippen LogP contribution in [0.25, 0.3) is 5.57 Å². The zero-order chi connectivity index (χ0) is 35.9. The van der Waals surface area contributed by atoms with Crippen LogP contribution in [0.5, 0.6) is 0 Å². The van der Waals surface area contributed by atoms with Crippen LogP contribution in [0.3, 0.4) is 0 Å². The first-order valence-electron chi connectivity index (χ1n) is 19.5. The highest BCUT2D eigenvalue weighted by atomic mass is 32.3. The van der Waals surface area contributed by atoms with Crippen molar-refractivity contribution < 1.29 is 23.8 Å². The molecular formula is C41H63N3O5S. The number of aromatic carboxylic acids is 1. The Bertz CT molecular complexity index is 1520. The van der Waals surface area contributed by atoms with Crippen molar-refractivity contribution >= 4 is 28.0 Å². The Labute approximate surface area is 302 Å². The second-order valence-corrected chi connectivity index (χ2v) is 21.0. The fourth-order valence-corrected chi connectivity index (χ4v) is 15.0. The van der Waals surface area contributed by atoms with Crippen LogP contribution < -0.4 is 10.6 Å². The van der Waals surface area contributed by atoms with E-state index in [1.54, 1.807) is 19.1 Å². The maximum absolute atomic E-state index is 12.6. The molecule has 1 aromatic carbocycles. The molecule has 5 fully saturated rings. The van der Waals surface area contributed by atoms with Gasteiger partial charge in [-0.05, 0) is 120 Å². The lowest BCUT2D eigenvalue weighted by Crippen LogP contribution is -2.69. The maximum atomic E-state index is 12.6. The smallest absolute Gasteiger partial charge is 0.335 e. The number of allylic oxidation sites excluding steroid dienone is 2. The molecule has 8 nitrogen and oxygen atoms in total.